The summed E-state index contributed by atoms with van der Waals surface area (Å²) in [7, 11) is 0. The van der Waals surface area contributed by atoms with E-state index < -0.39 is 0 Å². The molecule has 0 unspecified atom stereocenters. The fourth-order valence-electron chi connectivity index (χ4n) is 2.09. The summed E-state index contributed by atoms with van der Waals surface area (Å²) in [6, 6.07) is 10.9. The van der Waals surface area contributed by atoms with Crippen molar-refractivity contribution in [1.82, 2.24) is 9.88 Å². The number of rotatable bonds is 5. The van der Waals surface area contributed by atoms with Crippen LogP contribution in [0.4, 0.5) is 0 Å². The van der Waals surface area contributed by atoms with Gasteiger partial charge in [0.15, 0.2) is 5.43 Å². The minimum atomic E-state index is -0.380. The highest BCUT2D eigenvalue weighted by Gasteiger charge is 2.18. The number of hydrogen-bond acceptors (Lipinski definition) is 3. The molecular formula is C16H18N2O3. The van der Waals surface area contributed by atoms with Crippen molar-refractivity contribution in [2.45, 2.75) is 13.5 Å². The molecule has 2 rings (SSSR count). The number of aryl methyl sites for hydroxylation is 1. The third-order valence-electron chi connectivity index (χ3n) is 3.16. The van der Waals surface area contributed by atoms with E-state index in [1.54, 1.807) is 6.92 Å². The van der Waals surface area contributed by atoms with Gasteiger partial charge in [0.2, 0.25) is 0 Å². The topological polar surface area (TPSA) is 73.4 Å². The van der Waals surface area contributed by atoms with Gasteiger partial charge in [-0.15, -0.1) is 0 Å². The zero-order chi connectivity index (χ0) is 15.2. The van der Waals surface area contributed by atoms with Crippen molar-refractivity contribution in [3.05, 3.63) is 69.6 Å². The van der Waals surface area contributed by atoms with Crippen molar-refractivity contribution < 1.29 is 9.90 Å². The van der Waals surface area contributed by atoms with E-state index in [1.807, 2.05) is 30.3 Å². The number of H-pyrrole nitrogens is 1. The van der Waals surface area contributed by atoms with E-state index in [0.717, 1.165) is 5.56 Å². The van der Waals surface area contributed by atoms with Gasteiger partial charge in [0.25, 0.3) is 5.91 Å². The molecule has 0 radical (unpaired) electrons. The fraction of sp³-hybridized carbons (Fsp3) is 0.250. The second kappa shape index (κ2) is 6.85. The van der Waals surface area contributed by atoms with Crippen LogP contribution < -0.4 is 5.43 Å². The normalized spacial score (nSPS) is 10.4. The summed E-state index contributed by atoms with van der Waals surface area (Å²) >= 11 is 0. The Balaban J connectivity index is 2.25. The molecule has 21 heavy (non-hydrogen) atoms. The Labute approximate surface area is 122 Å². The molecule has 1 aromatic heterocycles. The minimum Gasteiger partial charge on any atom is -0.395 e. The summed E-state index contributed by atoms with van der Waals surface area (Å²) in [5, 5.41) is 9.14. The lowest BCUT2D eigenvalue weighted by Gasteiger charge is -2.21. The monoisotopic (exact) mass is 286 g/mol. The molecule has 0 saturated carbocycles. The minimum absolute atomic E-state index is 0.0879. The van der Waals surface area contributed by atoms with Gasteiger partial charge >= 0.3 is 0 Å². The summed E-state index contributed by atoms with van der Waals surface area (Å²) in [6.45, 7) is 2.14. The molecule has 2 aromatic rings. The summed E-state index contributed by atoms with van der Waals surface area (Å²) in [5.41, 5.74) is 1.42. The Morgan fingerprint density at radius 2 is 2.00 bits per heavy atom. The summed E-state index contributed by atoms with van der Waals surface area (Å²) in [5.74, 6) is -0.380. The van der Waals surface area contributed by atoms with Gasteiger partial charge in [0, 0.05) is 31.0 Å². The molecular weight excluding hydrogens is 268 g/mol. The number of aliphatic hydroxyl groups is 1. The third-order valence-corrected chi connectivity index (χ3v) is 3.16. The molecule has 110 valence electrons. The van der Waals surface area contributed by atoms with E-state index in [2.05, 4.69) is 4.98 Å². The van der Waals surface area contributed by atoms with Gasteiger partial charge in [0.05, 0.1) is 6.61 Å². The molecule has 5 nitrogen and oxygen atoms in total. The van der Waals surface area contributed by atoms with Crippen molar-refractivity contribution in [3.8, 4) is 0 Å². The van der Waals surface area contributed by atoms with Crippen molar-refractivity contribution in [1.29, 1.82) is 0 Å². The van der Waals surface area contributed by atoms with Crippen molar-refractivity contribution in [2.24, 2.45) is 0 Å². The number of benzene rings is 1. The maximum Gasteiger partial charge on any atom is 0.259 e. The van der Waals surface area contributed by atoms with Crippen LogP contribution in [0.1, 0.15) is 21.6 Å². The molecule has 2 N–H and O–H groups in total. The van der Waals surface area contributed by atoms with Crippen LogP contribution in [-0.2, 0) is 6.54 Å². The average Bonchev–Trinajstić information content (AvgIpc) is 2.47. The van der Waals surface area contributed by atoms with E-state index in [4.69, 9.17) is 5.11 Å². The Kier molecular flexibility index (Phi) is 4.90. The van der Waals surface area contributed by atoms with Crippen LogP contribution in [0, 0.1) is 6.92 Å². The van der Waals surface area contributed by atoms with Crippen LogP contribution in [0.3, 0.4) is 0 Å². The molecule has 0 aliphatic heterocycles. The Morgan fingerprint density at radius 1 is 1.29 bits per heavy atom. The second-order valence-electron chi connectivity index (χ2n) is 4.83. The lowest BCUT2D eigenvalue weighted by atomic mass is 10.1. The smallest absolute Gasteiger partial charge is 0.259 e. The maximum absolute atomic E-state index is 12.5. The average molecular weight is 286 g/mol. The number of carbonyl (C=O) groups is 1. The van der Waals surface area contributed by atoms with Crippen LogP contribution in [0.15, 0.2) is 47.4 Å². The molecule has 1 aromatic carbocycles. The van der Waals surface area contributed by atoms with Gasteiger partial charge in [-0.2, -0.15) is 0 Å². The quantitative estimate of drug-likeness (QED) is 0.870. The molecule has 0 fully saturated rings. The second-order valence-corrected chi connectivity index (χ2v) is 4.83. The highest BCUT2D eigenvalue weighted by Crippen LogP contribution is 2.07. The van der Waals surface area contributed by atoms with Crippen LogP contribution in [0.25, 0.3) is 0 Å². The molecule has 1 heterocycles. The first-order valence-electron chi connectivity index (χ1n) is 6.75. The highest BCUT2D eigenvalue weighted by molar-refractivity contribution is 5.93. The van der Waals surface area contributed by atoms with E-state index in [-0.39, 0.29) is 30.1 Å². The van der Waals surface area contributed by atoms with E-state index in [0.29, 0.717) is 12.2 Å². The molecule has 0 aliphatic rings. The first-order valence-corrected chi connectivity index (χ1v) is 6.75. The number of aliphatic hydroxyl groups excluding tert-OH is 1. The van der Waals surface area contributed by atoms with Crippen LogP contribution >= 0.6 is 0 Å². The number of aromatic nitrogens is 1. The fourth-order valence-corrected chi connectivity index (χ4v) is 2.09. The van der Waals surface area contributed by atoms with Gasteiger partial charge < -0.3 is 15.0 Å². The van der Waals surface area contributed by atoms with E-state index in [1.165, 1.54) is 17.2 Å². The molecule has 0 bridgehead atoms. The standard InChI is InChI=1S/C16H18N2O3/c1-12-9-15(20)14(10-17-12)16(21)18(7-8-19)11-13-5-3-2-4-6-13/h2-6,9-10,19H,7-8,11H2,1H3,(H,17,20). The molecule has 0 spiro atoms. The third kappa shape index (κ3) is 3.79. The summed E-state index contributed by atoms with van der Waals surface area (Å²) in [6.07, 6.45) is 1.43. The number of pyridine rings is 1. The number of nitrogens with one attached hydrogen (secondary N) is 1. The first kappa shape index (κ1) is 15.0. The zero-order valence-electron chi connectivity index (χ0n) is 11.9. The molecule has 0 saturated heterocycles. The number of amides is 1. The molecule has 1 amide bonds. The predicted octanol–water partition coefficient (Wildman–Crippen LogP) is 1.32. The number of hydrogen-bond donors (Lipinski definition) is 2. The van der Waals surface area contributed by atoms with Crippen molar-refractivity contribution in [3.63, 3.8) is 0 Å². The Morgan fingerprint density at radius 3 is 2.62 bits per heavy atom. The van der Waals surface area contributed by atoms with Crippen LogP contribution in [0.5, 0.6) is 0 Å². The van der Waals surface area contributed by atoms with Gasteiger partial charge in [0.1, 0.15) is 5.56 Å². The van der Waals surface area contributed by atoms with Gasteiger partial charge in [-0.25, -0.2) is 0 Å². The molecule has 5 heteroatoms. The van der Waals surface area contributed by atoms with E-state index in [9.17, 15) is 9.59 Å². The predicted molar refractivity (Wildman–Crippen MR) is 80.1 cm³/mol. The largest absolute Gasteiger partial charge is 0.395 e. The van der Waals surface area contributed by atoms with E-state index >= 15 is 0 Å². The maximum atomic E-state index is 12.5. The summed E-state index contributed by atoms with van der Waals surface area (Å²) < 4.78 is 0. The van der Waals surface area contributed by atoms with Crippen molar-refractivity contribution in [2.75, 3.05) is 13.2 Å². The lowest BCUT2D eigenvalue weighted by molar-refractivity contribution is 0.0706. The SMILES string of the molecule is Cc1cc(=O)c(C(=O)N(CCO)Cc2ccccc2)c[nH]1. The number of aromatic amines is 1. The Bertz CT molecular complexity index is 665. The summed E-state index contributed by atoms with van der Waals surface area (Å²) in [4.78, 5) is 28.7. The molecule has 0 atom stereocenters. The number of nitrogens with zero attached hydrogens (tertiary/aromatic N) is 1. The molecule has 0 aliphatic carbocycles. The lowest BCUT2D eigenvalue weighted by Crippen LogP contribution is -2.36. The Hall–Kier alpha value is -2.40. The number of carbonyl (C=O) groups excluding carboxylic acids is 1. The van der Waals surface area contributed by atoms with Gasteiger partial charge in [-0.1, -0.05) is 30.3 Å². The van der Waals surface area contributed by atoms with Crippen LogP contribution in [-0.4, -0.2) is 34.0 Å². The van der Waals surface area contributed by atoms with Crippen molar-refractivity contribution >= 4 is 5.91 Å². The zero-order valence-corrected chi connectivity index (χ0v) is 11.9. The highest BCUT2D eigenvalue weighted by atomic mass is 16.3. The van der Waals surface area contributed by atoms with Crippen LogP contribution in [0.2, 0.25) is 0 Å². The van der Waals surface area contributed by atoms with Gasteiger partial charge in [-0.3, -0.25) is 9.59 Å². The first-order chi connectivity index (χ1) is 10.1. The van der Waals surface area contributed by atoms with Gasteiger partial charge in [-0.05, 0) is 12.5 Å².